The normalized spacial score (nSPS) is 38.5. The summed E-state index contributed by atoms with van der Waals surface area (Å²) in [6.07, 6.45) is -3.42. The van der Waals surface area contributed by atoms with Crippen molar-refractivity contribution in [3.05, 3.63) is 6.10 Å². The van der Waals surface area contributed by atoms with Gasteiger partial charge < -0.3 is 25.2 Å². The van der Waals surface area contributed by atoms with Crippen molar-refractivity contribution in [2.45, 2.75) is 18.3 Å². The fourth-order valence-electron chi connectivity index (χ4n) is 0.984. The molecular weight excluding hydrogens is 152 g/mol. The van der Waals surface area contributed by atoms with Crippen LogP contribution in [0, 0.1) is 6.10 Å². The summed E-state index contributed by atoms with van der Waals surface area (Å²) in [5.74, 6) is 0. The van der Waals surface area contributed by atoms with Gasteiger partial charge in [0, 0.05) is 0 Å². The van der Waals surface area contributed by atoms with E-state index in [1.807, 2.05) is 0 Å². The van der Waals surface area contributed by atoms with Gasteiger partial charge in [-0.1, -0.05) is 0 Å². The third-order valence-corrected chi connectivity index (χ3v) is 1.64. The Labute approximate surface area is 63.8 Å². The van der Waals surface area contributed by atoms with E-state index in [4.69, 9.17) is 25.2 Å². The molecule has 3 atom stereocenters. The quantitative estimate of drug-likeness (QED) is 0.378. The highest BCUT2D eigenvalue weighted by molar-refractivity contribution is 4.97. The van der Waals surface area contributed by atoms with Crippen LogP contribution in [0.25, 0.3) is 0 Å². The molecule has 1 fully saturated rings. The molecule has 1 aliphatic rings. The summed E-state index contributed by atoms with van der Waals surface area (Å²) in [6.45, 7) is -0.579. The lowest BCUT2D eigenvalue weighted by atomic mass is 10.1. The van der Waals surface area contributed by atoms with Gasteiger partial charge in [0.05, 0.1) is 13.2 Å². The van der Waals surface area contributed by atoms with Gasteiger partial charge in [0.2, 0.25) is 0 Å². The van der Waals surface area contributed by atoms with Gasteiger partial charge in [-0.2, -0.15) is 0 Å². The minimum Gasteiger partial charge on any atom is -0.393 e. The van der Waals surface area contributed by atoms with Crippen molar-refractivity contribution in [2.75, 3.05) is 13.2 Å². The molecule has 4 N–H and O–H groups in total. The van der Waals surface area contributed by atoms with Crippen molar-refractivity contribution >= 4 is 0 Å². The molecule has 1 radical (unpaired) electrons. The van der Waals surface area contributed by atoms with Crippen LogP contribution in [-0.4, -0.2) is 52.0 Å². The first-order valence-corrected chi connectivity index (χ1v) is 3.30. The smallest absolute Gasteiger partial charge is 0.150 e. The molecule has 0 aliphatic carbocycles. The van der Waals surface area contributed by atoms with E-state index in [1.54, 1.807) is 0 Å². The molecule has 0 aromatic rings. The van der Waals surface area contributed by atoms with Gasteiger partial charge in [-0.05, 0) is 0 Å². The third kappa shape index (κ3) is 1.69. The molecule has 11 heavy (non-hydrogen) atoms. The van der Waals surface area contributed by atoms with Crippen LogP contribution in [0.4, 0.5) is 0 Å². The van der Waals surface area contributed by atoms with E-state index in [2.05, 4.69) is 0 Å². The van der Waals surface area contributed by atoms with Crippen LogP contribution >= 0.6 is 0 Å². The van der Waals surface area contributed by atoms with E-state index >= 15 is 0 Å². The van der Waals surface area contributed by atoms with Crippen LogP contribution in [0.3, 0.4) is 0 Å². The Balaban J connectivity index is 2.47. The van der Waals surface area contributed by atoms with Gasteiger partial charge >= 0.3 is 0 Å². The summed E-state index contributed by atoms with van der Waals surface area (Å²) in [5, 5.41) is 35.4. The Morgan fingerprint density at radius 3 is 2.45 bits per heavy atom. The summed E-state index contributed by atoms with van der Waals surface area (Å²) in [6, 6.07) is 0. The minimum atomic E-state index is -1.14. The van der Waals surface area contributed by atoms with E-state index in [1.165, 1.54) is 0 Å². The van der Waals surface area contributed by atoms with Crippen LogP contribution in [0.2, 0.25) is 0 Å². The fraction of sp³-hybridized carbons (Fsp3) is 0.833. The maximum Gasteiger partial charge on any atom is 0.150 e. The highest BCUT2D eigenvalue weighted by Gasteiger charge is 2.39. The zero-order valence-electron chi connectivity index (χ0n) is 5.84. The summed E-state index contributed by atoms with van der Waals surface area (Å²) in [5.41, 5.74) is 0. The first-order chi connectivity index (χ1) is 5.16. The zero-order chi connectivity index (χ0) is 8.43. The number of rotatable bonds is 2. The van der Waals surface area contributed by atoms with Crippen molar-refractivity contribution in [1.29, 1.82) is 0 Å². The van der Waals surface area contributed by atoms with Crippen molar-refractivity contribution in [3.63, 3.8) is 0 Å². The molecular formula is C6H11O5. The first kappa shape index (κ1) is 8.89. The minimum absolute atomic E-state index is 0.0180. The van der Waals surface area contributed by atoms with E-state index in [0.29, 0.717) is 0 Å². The van der Waals surface area contributed by atoms with Gasteiger partial charge in [0.1, 0.15) is 24.4 Å². The molecule has 0 spiro atoms. The lowest BCUT2D eigenvalue weighted by Crippen LogP contribution is -2.35. The highest BCUT2D eigenvalue weighted by Crippen LogP contribution is 2.20. The van der Waals surface area contributed by atoms with E-state index < -0.39 is 24.9 Å². The van der Waals surface area contributed by atoms with Gasteiger partial charge in [0.25, 0.3) is 0 Å². The van der Waals surface area contributed by atoms with Crippen LogP contribution < -0.4 is 0 Å². The summed E-state index contributed by atoms with van der Waals surface area (Å²) in [7, 11) is 0. The Kier molecular flexibility index (Phi) is 2.80. The Hall–Kier alpha value is -0.200. The number of hydrogen-bond donors (Lipinski definition) is 4. The van der Waals surface area contributed by atoms with E-state index in [-0.39, 0.29) is 12.7 Å². The number of aliphatic hydroxyl groups is 4. The largest absolute Gasteiger partial charge is 0.393 e. The lowest BCUT2D eigenvalue weighted by molar-refractivity contribution is -0.0164. The molecule has 0 amide bonds. The second kappa shape index (κ2) is 3.46. The number of hydrogen-bond acceptors (Lipinski definition) is 5. The predicted molar refractivity (Wildman–Crippen MR) is 34.0 cm³/mol. The molecule has 1 rings (SSSR count). The molecule has 0 unspecified atom stereocenters. The molecule has 1 saturated heterocycles. The van der Waals surface area contributed by atoms with Gasteiger partial charge in [-0.3, -0.25) is 0 Å². The predicted octanol–water partition coefficient (Wildman–Crippen LogP) is -2.00. The molecule has 5 heteroatoms. The van der Waals surface area contributed by atoms with Crippen LogP contribution in [0.5, 0.6) is 0 Å². The van der Waals surface area contributed by atoms with Crippen molar-refractivity contribution in [1.82, 2.24) is 0 Å². The maximum atomic E-state index is 9.09. The zero-order valence-corrected chi connectivity index (χ0v) is 5.84. The molecule has 0 saturated carbocycles. The first-order valence-electron chi connectivity index (χ1n) is 3.30. The van der Waals surface area contributed by atoms with E-state index in [0.717, 1.165) is 0 Å². The molecule has 1 heterocycles. The molecule has 0 bridgehead atoms. The summed E-state index contributed by atoms with van der Waals surface area (Å²) in [4.78, 5) is 0. The summed E-state index contributed by atoms with van der Waals surface area (Å²) < 4.78 is 4.78. The average Bonchev–Trinajstić information content (AvgIpc) is 2.32. The van der Waals surface area contributed by atoms with E-state index in [9.17, 15) is 0 Å². The molecule has 65 valence electrons. The van der Waals surface area contributed by atoms with Crippen LogP contribution in [0.15, 0.2) is 0 Å². The molecule has 5 nitrogen and oxygen atoms in total. The standard InChI is InChI=1S/C6H11O5/c7-1-3(8)6-5(10)4(9)2-11-6/h4-10H,1-2H2/t4-,5+,6-/m0/s1. The van der Waals surface area contributed by atoms with Crippen molar-refractivity contribution < 1.29 is 25.2 Å². The van der Waals surface area contributed by atoms with Gasteiger partial charge in [-0.25, -0.2) is 0 Å². The second-order valence-corrected chi connectivity index (χ2v) is 2.46. The van der Waals surface area contributed by atoms with Crippen molar-refractivity contribution in [3.8, 4) is 0 Å². The molecule has 0 aromatic heterocycles. The number of aliphatic hydroxyl groups excluding tert-OH is 4. The van der Waals surface area contributed by atoms with Crippen LogP contribution in [0.1, 0.15) is 0 Å². The monoisotopic (exact) mass is 163 g/mol. The summed E-state index contributed by atoms with van der Waals surface area (Å²) >= 11 is 0. The average molecular weight is 163 g/mol. The lowest BCUT2D eigenvalue weighted by Gasteiger charge is -2.17. The Morgan fingerprint density at radius 2 is 2.09 bits per heavy atom. The molecule has 0 aromatic carbocycles. The molecule has 1 aliphatic heterocycles. The fourth-order valence-corrected chi connectivity index (χ4v) is 0.984. The second-order valence-electron chi connectivity index (χ2n) is 2.46. The van der Waals surface area contributed by atoms with Gasteiger partial charge in [0.15, 0.2) is 0 Å². The third-order valence-electron chi connectivity index (χ3n) is 1.64. The maximum absolute atomic E-state index is 9.09. The topological polar surface area (TPSA) is 90.2 Å². The Morgan fingerprint density at radius 1 is 1.45 bits per heavy atom. The van der Waals surface area contributed by atoms with Crippen LogP contribution in [-0.2, 0) is 4.74 Å². The Bertz CT molecular complexity index is 128. The number of ether oxygens (including phenoxy) is 1. The highest BCUT2D eigenvalue weighted by atomic mass is 16.5. The van der Waals surface area contributed by atoms with Crippen molar-refractivity contribution in [2.24, 2.45) is 0 Å². The van der Waals surface area contributed by atoms with Gasteiger partial charge in [-0.15, -0.1) is 0 Å². The SMILES string of the molecule is OC[C](O)[C@@H]1OC[C@H](O)[C@H]1O.